The highest BCUT2D eigenvalue weighted by Gasteiger charge is 2.34. The van der Waals surface area contributed by atoms with Crippen molar-refractivity contribution in [3.05, 3.63) is 0 Å². The third-order valence-corrected chi connectivity index (χ3v) is 2.72. The van der Waals surface area contributed by atoms with Gasteiger partial charge in [0.1, 0.15) is 0 Å². The van der Waals surface area contributed by atoms with Gasteiger partial charge in [-0.2, -0.15) is 0 Å². The number of hydrogen-bond acceptors (Lipinski definition) is 0. The van der Waals surface area contributed by atoms with Crippen LogP contribution in [0.2, 0.25) is 0 Å². The Bertz CT molecular complexity index is 91.9. The Hall–Kier alpha value is -0.110. The second-order valence-corrected chi connectivity index (χ2v) is 4.12. The third kappa shape index (κ3) is 2.65. The molecule has 0 spiro atoms. The molecule has 0 aliphatic heterocycles. The van der Waals surface area contributed by atoms with Gasteiger partial charge < -0.3 is 10.4 Å². The van der Waals surface area contributed by atoms with E-state index in [9.17, 15) is 0 Å². The smallest absolute Gasteiger partial charge is 0.0940 e. The summed E-state index contributed by atoms with van der Waals surface area (Å²) >= 11 is 0. The summed E-state index contributed by atoms with van der Waals surface area (Å²) in [6, 6.07) is 0. The summed E-state index contributed by atoms with van der Waals surface area (Å²) in [6.45, 7) is 11.1. The molecule has 0 amide bonds. The SMILES string of the molecule is CCC(C)(C)C(C)(C)[NH3+].[F-]. The summed E-state index contributed by atoms with van der Waals surface area (Å²) in [6.07, 6.45) is 1.20. The highest BCUT2D eigenvalue weighted by atomic mass is 19.0. The molecule has 0 aliphatic rings. The van der Waals surface area contributed by atoms with Crippen LogP contribution in [0.5, 0.6) is 0 Å². The zero-order valence-electron chi connectivity index (χ0n) is 7.79. The fraction of sp³-hybridized carbons (Fsp3) is 1.00. The zero-order valence-corrected chi connectivity index (χ0v) is 7.79. The first kappa shape index (κ1) is 12.6. The Labute approximate surface area is 63.4 Å². The fourth-order valence-electron chi connectivity index (χ4n) is 0.479. The van der Waals surface area contributed by atoms with E-state index in [4.69, 9.17) is 0 Å². The molecule has 0 saturated heterocycles. The second kappa shape index (κ2) is 3.33. The van der Waals surface area contributed by atoms with Gasteiger partial charge in [0.2, 0.25) is 0 Å². The first-order valence-electron chi connectivity index (χ1n) is 3.66. The lowest BCUT2D eigenvalue weighted by atomic mass is 9.73. The van der Waals surface area contributed by atoms with Gasteiger partial charge in [0, 0.05) is 5.41 Å². The van der Waals surface area contributed by atoms with E-state index >= 15 is 0 Å². The van der Waals surface area contributed by atoms with Crippen LogP contribution in [0.25, 0.3) is 0 Å². The molecule has 64 valence electrons. The molecule has 10 heavy (non-hydrogen) atoms. The van der Waals surface area contributed by atoms with E-state index in [1.807, 2.05) is 0 Å². The van der Waals surface area contributed by atoms with E-state index in [1.165, 1.54) is 6.42 Å². The molecule has 1 nitrogen and oxygen atoms in total. The molecule has 3 N–H and O–H groups in total. The maximum atomic E-state index is 4.11. The van der Waals surface area contributed by atoms with Crippen molar-refractivity contribution in [3.63, 3.8) is 0 Å². The van der Waals surface area contributed by atoms with Gasteiger partial charge in [-0.3, -0.25) is 0 Å². The van der Waals surface area contributed by atoms with Crippen LogP contribution in [-0.4, -0.2) is 5.54 Å². The first-order chi connectivity index (χ1) is 3.81. The quantitative estimate of drug-likeness (QED) is 0.492. The largest absolute Gasteiger partial charge is 1.00 e. The predicted molar refractivity (Wildman–Crippen MR) is 41.0 cm³/mol. The molecule has 0 heterocycles. The molecule has 0 aromatic rings. The Morgan fingerprint density at radius 3 is 1.40 bits per heavy atom. The van der Waals surface area contributed by atoms with Crippen molar-refractivity contribution in [2.75, 3.05) is 0 Å². The lowest BCUT2D eigenvalue weighted by molar-refractivity contribution is -0.493. The molecule has 0 unspecified atom stereocenters. The van der Waals surface area contributed by atoms with Gasteiger partial charge in [-0.05, 0) is 20.3 Å². The maximum Gasteiger partial charge on any atom is 0.0940 e. The molecule has 0 saturated carbocycles. The van der Waals surface area contributed by atoms with Crippen LogP contribution in [0.15, 0.2) is 0 Å². The molecule has 0 aliphatic carbocycles. The fourth-order valence-corrected chi connectivity index (χ4v) is 0.479. The molecule has 0 radical (unpaired) electrons. The highest BCUT2D eigenvalue weighted by Crippen LogP contribution is 2.29. The molecule has 0 aromatic carbocycles. The van der Waals surface area contributed by atoms with Gasteiger partial charge in [0.15, 0.2) is 0 Å². The van der Waals surface area contributed by atoms with Crippen LogP contribution < -0.4 is 10.4 Å². The van der Waals surface area contributed by atoms with Crippen molar-refractivity contribution >= 4 is 0 Å². The lowest BCUT2D eigenvalue weighted by Crippen LogP contribution is -3.00. The Morgan fingerprint density at radius 1 is 1.10 bits per heavy atom. The second-order valence-electron chi connectivity index (χ2n) is 4.12. The summed E-state index contributed by atoms with van der Waals surface area (Å²) in [7, 11) is 0. The Morgan fingerprint density at radius 2 is 1.40 bits per heavy atom. The number of hydrogen-bond donors (Lipinski definition) is 1. The first-order valence-corrected chi connectivity index (χ1v) is 3.66. The van der Waals surface area contributed by atoms with Crippen molar-refractivity contribution in [2.45, 2.75) is 46.6 Å². The number of quaternary nitrogens is 1. The molecule has 0 rings (SSSR count). The van der Waals surface area contributed by atoms with E-state index in [1.54, 1.807) is 0 Å². The van der Waals surface area contributed by atoms with Crippen LogP contribution in [0.1, 0.15) is 41.0 Å². The van der Waals surface area contributed by atoms with E-state index in [0.717, 1.165) is 0 Å². The van der Waals surface area contributed by atoms with Crippen LogP contribution in [0.4, 0.5) is 0 Å². The summed E-state index contributed by atoms with van der Waals surface area (Å²) in [5, 5.41) is 0. The molecule has 0 bridgehead atoms. The Kier molecular flexibility index (Phi) is 4.18. The van der Waals surface area contributed by atoms with Crippen LogP contribution in [-0.2, 0) is 0 Å². The molecular weight excluding hydrogens is 129 g/mol. The van der Waals surface area contributed by atoms with Gasteiger partial charge in [-0.25, -0.2) is 0 Å². The topological polar surface area (TPSA) is 27.6 Å². The van der Waals surface area contributed by atoms with E-state index < -0.39 is 0 Å². The molecule has 0 aromatic heterocycles. The summed E-state index contributed by atoms with van der Waals surface area (Å²) in [4.78, 5) is 0. The molecule has 0 atom stereocenters. The molecule has 2 heteroatoms. The van der Waals surface area contributed by atoms with Crippen molar-refractivity contribution < 1.29 is 10.4 Å². The monoisotopic (exact) mass is 149 g/mol. The summed E-state index contributed by atoms with van der Waals surface area (Å²) < 4.78 is 0. The van der Waals surface area contributed by atoms with Gasteiger partial charge in [-0.15, -0.1) is 0 Å². The normalized spacial score (nSPS) is 12.6. The van der Waals surface area contributed by atoms with Gasteiger partial charge in [-0.1, -0.05) is 20.8 Å². The predicted octanol–water partition coefficient (Wildman–Crippen LogP) is -1.55. The lowest BCUT2D eigenvalue weighted by Gasteiger charge is -2.33. The van der Waals surface area contributed by atoms with Crippen molar-refractivity contribution in [2.24, 2.45) is 5.41 Å². The maximum absolute atomic E-state index is 4.11. The number of rotatable bonds is 2. The van der Waals surface area contributed by atoms with E-state index in [0.29, 0.717) is 5.41 Å². The summed E-state index contributed by atoms with van der Waals surface area (Å²) in [5.41, 5.74) is 4.68. The summed E-state index contributed by atoms with van der Waals surface area (Å²) in [5.74, 6) is 0. The van der Waals surface area contributed by atoms with Gasteiger partial charge in [0.05, 0.1) is 5.54 Å². The van der Waals surface area contributed by atoms with Crippen LogP contribution in [0.3, 0.4) is 0 Å². The Balaban J connectivity index is 0. The standard InChI is InChI=1S/C8H19N.FH/c1-6-7(2,3)8(4,5)9;/h6,9H2,1-5H3;1H. The molecular formula is C8H20FN. The number of halogens is 1. The third-order valence-electron chi connectivity index (χ3n) is 2.72. The minimum atomic E-state index is 0. The zero-order chi connectivity index (χ0) is 7.71. The van der Waals surface area contributed by atoms with Crippen LogP contribution >= 0.6 is 0 Å². The highest BCUT2D eigenvalue weighted by molar-refractivity contribution is 4.82. The van der Waals surface area contributed by atoms with Gasteiger partial charge in [0.25, 0.3) is 0 Å². The van der Waals surface area contributed by atoms with E-state index in [-0.39, 0.29) is 10.2 Å². The minimum Gasteiger partial charge on any atom is -1.00 e. The van der Waals surface area contributed by atoms with Crippen molar-refractivity contribution in [1.82, 2.24) is 0 Å². The van der Waals surface area contributed by atoms with Crippen molar-refractivity contribution in [1.29, 1.82) is 0 Å². The van der Waals surface area contributed by atoms with Crippen molar-refractivity contribution in [3.8, 4) is 0 Å². The van der Waals surface area contributed by atoms with Gasteiger partial charge >= 0.3 is 0 Å². The average molecular weight is 149 g/mol. The minimum absolute atomic E-state index is 0. The van der Waals surface area contributed by atoms with Crippen LogP contribution in [0, 0.1) is 5.41 Å². The van der Waals surface area contributed by atoms with E-state index in [2.05, 4.69) is 40.4 Å². The molecule has 0 fully saturated rings. The average Bonchev–Trinajstić information content (AvgIpc) is 1.64.